The lowest BCUT2D eigenvalue weighted by Crippen LogP contribution is -2.51. The topological polar surface area (TPSA) is 63.4 Å². The lowest BCUT2D eigenvalue weighted by Gasteiger charge is -2.34. The highest BCUT2D eigenvalue weighted by atomic mass is 32.2. The van der Waals surface area contributed by atoms with E-state index in [9.17, 15) is 8.42 Å². The summed E-state index contributed by atoms with van der Waals surface area (Å²) in [7, 11) is -2.84. The molecule has 4 nitrogen and oxygen atoms in total. The van der Waals surface area contributed by atoms with Crippen LogP contribution < -0.4 is 5.73 Å². The van der Waals surface area contributed by atoms with Gasteiger partial charge in [0.2, 0.25) is 0 Å². The van der Waals surface area contributed by atoms with Gasteiger partial charge in [-0.2, -0.15) is 0 Å². The molecule has 2 atom stereocenters. The first-order chi connectivity index (χ1) is 9.46. The van der Waals surface area contributed by atoms with Crippen molar-refractivity contribution >= 4 is 9.84 Å². The summed E-state index contributed by atoms with van der Waals surface area (Å²) in [6.45, 7) is 3.37. The van der Waals surface area contributed by atoms with Crippen LogP contribution in [0.5, 0.6) is 0 Å². The summed E-state index contributed by atoms with van der Waals surface area (Å²) in [5.41, 5.74) is 7.49. The van der Waals surface area contributed by atoms with Gasteiger partial charge in [-0.25, -0.2) is 8.42 Å². The van der Waals surface area contributed by atoms with Gasteiger partial charge in [0, 0.05) is 25.2 Å². The largest absolute Gasteiger partial charge is 0.327 e. The van der Waals surface area contributed by atoms with Crippen molar-refractivity contribution in [2.75, 3.05) is 24.6 Å². The van der Waals surface area contributed by atoms with Gasteiger partial charge in [0.15, 0.2) is 9.84 Å². The van der Waals surface area contributed by atoms with E-state index in [0.29, 0.717) is 6.54 Å². The predicted octanol–water partition coefficient (Wildman–Crippen LogP) is 1.07. The Balaban J connectivity index is 1.78. The maximum atomic E-state index is 11.5. The first-order valence-electron chi connectivity index (χ1n) is 7.20. The van der Waals surface area contributed by atoms with Gasteiger partial charge in [-0.05, 0) is 25.3 Å². The fourth-order valence-electron chi connectivity index (χ4n) is 2.69. The molecule has 1 aliphatic rings. The molecule has 0 saturated carbocycles. The predicted molar refractivity (Wildman–Crippen MR) is 82.4 cm³/mol. The summed E-state index contributed by atoms with van der Waals surface area (Å²) in [5, 5.41) is 0. The average Bonchev–Trinajstić information content (AvgIpc) is 2.40. The SMILES string of the molecule is CC1CS(=O)(=O)CCN1CC(N)CCc1ccccc1. The van der Waals surface area contributed by atoms with Gasteiger partial charge in [0.25, 0.3) is 0 Å². The number of aryl methyl sites for hydroxylation is 1. The molecule has 2 N–H and O–H groups in total. The van der Waals surface area contributed by atoms with E-state index in [1.54, 1.807) is 0 Å². The highest BCUT2D eigenvalue weighted by molar-refractivity contribution is 7.91. The van der Waals surface area contributed by atoms with Crippen LogP contribution in [0.15, 0.2) is 30.3 Å². The van der Waals surface area contributed by atoms with Crippen molar-refractivity contribution in [3.05, 3.63) is 35.9 Å². The molecule has 2 unspecified atom stereocenters. The Hall–Kier alpha value is -0.910. The Bertz CT molecular complexity index is 516. The molecule has 1 aromatic rings. The van der Waals surface area contributed by atoms with E-state index in [4.69, 9.17) is 5.73 Å². The van der Waals surface area contributed by atoms with Crippen LogP contribution in [0, 0.1) is 0 Å². The molecule has 2 rings (SSSR count). The molecule has 1 saturated heterocycles. The fourth-order valence-corrected chi connectivity index (χ4v) is 4.32. The molecule has 20 heavy (non-hydrogen) atoms. The Labute approximate surface area is 121 Å². The van der Waals surface area contributed by atoms with Crippen LogP contribution in [0.25, 0.3) is 0 Å². The van der Waals surface area contributed by atoms with E-state index < -0.39 is 9.84 Å². The summed E-state index contributed by atoms with van der Waals surface area (Å²) >= 11 is 0. The average molecular weight is 296 g/mol. The Morgan fingerprint density at radius 2 is 2.05 bits per heavy atom. The molecule has 0 aliphatic carbocycles. The molecule has 0 amide bonds. The number of hydrogen-bond donors (Lipinski definition) is 1. The third kappa shape index (κ3) is 4.58. The second-order valence-electron chi connectivity index (χ2n) is 5.74. The first-order valence-corrected chi connectivity index (χ1v) is 9.02. The standard InChI is InChI=1S/C15H24N2O2S/c1-13-12-20(18,19)10-9-17(13)11-15(16)8-7-14-5-3-2-4-6-14/h2-6,13,15H,7-12,16H2,1H3. The molecule has 0 spiro atoms. The van der Waals surface area contributed by atoms with E-state index in [-0.39, 0.29) is 23.6 Å². The lowest BCUT2D eigenvalue weighted by atomic mass is 10.1. The maximum Gasteiger partial charge on any atom is 0.153 e. The molecular formula is C15H24N2O2S. The zero-order valence-corrected chi connectivity index (χ0v) is 12.8. The van der Waals surface area contributed by atoms with E-state index in [2.05, 4.69) is 17.0 Å². The van der Waals surface area contributed by atoms with Crippen LogP contribution in [-0.2, 0) is 16.3 Å². The molecule has 1 aromatic carbocycles. The van der Waals surface area contributed by atoms with E-state index in [1.165, 1.54) is 5.56 Å². The zero-order chi connectivity index (χ0) is 14.6. The molecule has 112 valence electrons. The molecule has 0 bridgehead atoms. The number of benzene rings is 1. The summed E-state index contributed by atoms with van der Waals surface area (Å²) in [5.74, 6) is 0.529. The Morgan fingerprint density at radius 1 is 1.35 bits per heavy atom. The van der Waals surface area contributed by atoms with E-state index >= 15 is 0 Å². The minimum atomic E-state index is -2.84. The van der Waals surface area contributed by atoms with Gasteiger partial charge in [-0.3, -0.25) is 4.90 Å². The van der Waals surface area contributed by atoms with Crippen LogP contribution in [0.2, 0.25) is 0 Å². The third-order valence-electron chi connectivity index (χ3n) is 3.92. The summed E-state index contributed by atoms with van der Waals surface area (Å²) in [6, 6.07) is 10.5. The second kappa shape index (κ2) is 6.70. The quantitative estimate of drug-likeness (QED) is 0.882. The molecule has 0 radical (unpaired) electrons. The van der Waals surface area contributed by atoms with Crippen molar-refractivity contribution in [2.24, 2.45) is 5.73 Å². The molecule has 5 heteroatoms. The number of hydrogen-bond acceptors (Lipinski definition) is 4. The zero-order valence-electron chi connectivity index (χ0n) is 12.0. The van der Waals surface area contributed by atoms with Crippen molar-refractivity contribution in [1.29, 1.82) is 0 Å². The number of rotatable bonds is 5. The smallest absolute Gasteiger partial charge is 0.153 e. The normalized spacial score (nSPS) is 24.4. The second-order valence-corrected chi connectivity index (χ2v) is 7.97. The maximum absolute atomic E-state index is 11.5. The van der Waals surface area contributed by atoms with Gasteiger partial charge < -0.3 is 5.73 Å². The van der Waals surface area contributed by atoms with Crippen molar-refractivity contribution in [3.63, 3.8) is 0 Å². The van der Waals surface area contributed by atoms with Crippen LogP contribution in [0.1, 0.15) is 18.9 Å². The molecule has 1 aliphatic heterocycles. The lowest BCUT2D eigenvalue weighted by molar-refractivity contribution is 0.210. The highest BCUT2D eigenvalue weighted by Crippen LogP contribution is 2.13. The fraction of sp³-hybridized carbons (Fsp3) is 0.600. The molecule has 1 fully saturated rings. The van der Waals surface area contributed by atoms with Gasteiger partial charge in [0.1, 0.15) is 0 Å². The monoisotopic (exact) mass is 296 g/mol. The van der Waals surface area contributed by atoms with Crippen molar-refractivity contribution < 1.29 is 8.42 Å². The Morgan fingerprint density at radius 3 is 2.70 bits per heavy atom. The van der Waals surface area contributed by atoms with Crippen LogP contribution in [-0.4, -0.2) is 50.0 Å². The number of sulfone groups is 1. The van der Waals surface area contributed by atoms with E-state index in [0.717, 1.165) is 19.4 Å². The van der Waals surface area contributed by atoms with Crippen molar-refractivity contribution in [2.45, 2.75) is 31.8 Å². The first kappa shape index (κ1) is 15.5. The minimum Gasteiger partial charge on any atom is -0.327 e. The van der Waals surface area contributed by atoms with Crippen LogP contribution in [0.4, 0.5) is 0 Å². The van der Waals surface area contributed by atoms with Crippen molar-refractivity contribution in [3.8, 4) is 0 Å². The third-order valence-corrected chi connectivity index (χ3v) is 5.72. The summed E-state index contributed by atoms with van der Waals surface area (Å²) < 4.78 is 23.1. The number of nitrogens with zero attached hydrogens (tertiary/aromatic N) is 1. The van der Waals surface area contributed by atoms with Gasteiger partial charge in [-0.15, -0.1) is 0 Å². The summed E-state index contributed by atoms with van der Waals surface area (Å²) in [4.78, 5) is 2.21. The molecule has 1 heterocycles. The summed E-state index contributed by atoms with van der Waals surface area (Å²) in [6.07, 6.45) is 1.91. The highest BCUT2D eigenvalue weighted by Gasteiger charge is 2.28. The van der Waals surface area contributed by atoms with Crippen molar-refractivity contribution in [1.82, 2.24) is 4.90 Å². The van der Waals surface area contributed by atoms with E-state index in [1.807, 2.05) is 25.1 Å². The van der Waals surface area contributed by atoms with Gasteiger partial charge in [-0.1, -0.05) is 30.3 Å². The number of nitrogens with two attached hydrogens (primary N) is 1. The molecule has 0 aromatic heterocycles. The van der Waals surface area contributed by atoms with Crippen LogP contribution >= 0.6 is 0 Å². The van der Waals surface area contributed by atoms with Gasteiger partial charge >= 0.3 is 0 Å². The van der Waals surface area contributed by atoms with Gasteiger partial charge in [0.05, 0.1) is 11.5 Å². The Kier molecular flexibility index (Phi) is 5.18. The minimum absolute atomic E-state index is 0.0801. The molecular weight excluding hydrogens is 272 g/mol. The van der Waals surface area contributed by atoms with Crippen LogP contribution in [0.3, 0.4) is 0 Å².